The number of carbonyl (C=O) groups excluding carboxylic acids is 2. The van der Waals surface area contributed by atoms with Crippen LogP contribution in [0.25, 0.3) is 10.8 Å². The normalized spacial score (nSPS) is 12.9. The van der Waals surface area contributed by atoms with Crippen LogP contribution in [-0.4, -0.2) is 40.0 Å². The number of rotatable bonds is 16. The lowest BCUT2D eigenvalue weighted by Crippen LogP contribution is -2.47. The fourth-order valence-corrected chi connectivity index (χ4v) is 6.05. The molecule has 0 aliphatic heterocycles. The van der Waals surface area contributed by atoms with Crippen molar-refractivity contribution in [3.63, 3.8) is 0 Å². The number of aryl methyl sites for hydroxylation is 1. The van der Waals surface area contributed by atoms with Crippen LogP contribution in [0.15, 0.2) is 67.0 Å². The molecule has 0 bridgehead atoms. The molecule has 0 fully saturated rings. The summed E-state index contributed by atoms with van der Waals surface area (Å²) in [4.78, 5) is 32.9. The van der Waals surface area contributed by atoms with E-state index < -0.39 is 6.04 Å². The molecule has 2 aromatic carbocycles. The van der Waals surface area contributed by atoms with Gasteiger partial charge in [0.15, 0.2) is 0 Å². The summed E-state index contributed by atoms with van der Waals surface area (Å²) in [5.41, 5.74) is 1.06. The van der Waals surface area contributed by atoms with Gasteiger partial charge in [-0.25, -0.2) is 4.98 Å². The zero-order valence-corrected chi connectivity index (χ0v) is 26.0. The van der Waals surface area contributed by atoms with Gasteiger partial charge in [-0.2, -0.15) is 0 Å². The lowest BCUT2D eigenvalue weighted by molar-refractivity contribution is -0.123. The second-order valence-corrected chi connectivity index (χ2v) is 11.9. The van der Waals surface area contributed by atoms with Gasteiger partial charge >= 0.3 is 0 Å². The largest absolute Gasteiger partial charge is 0.348 e. The van der Waals surface area contributed by atoms with E-state index in [1.165, 1.54) is 11.3 Å². The lowest BCUT2D eigenvalue weighted by Gasteiger charge is -2.23. The Morgan fingerprint density at radius 1 is 0.976 bits per heavy atom. The molecule has 0 aliphatic carbocycles. The lowest BCUT2D eigenvalue weighted by atomic mass is 9.99. The number of imidazole rings is 1. The van der Waals surface area contributed by atoms with Crippen LogP contribution in [0.3, 0.4) is 0 Å². The summed E-state index contributed by atoms with van der Waals surface area (Å²) >= 11 is 1.44. The van der Waals surface area contributed by atoms with Crippen LogP contribution in [-0.2, 0) is 24.9 Å². The third-order valence-corrected chi connectivity index (χ3v) is 8.83. The van der Waals surface area contributed by atoms with Gasteiger partial charge in [-0.1, -0.05) is 56.3 Å². The third-order valence-electron chi connectivity index (χ3n) is 7.75. The van der Waals surface area contributed by atoms with Gasteiger partial charge in [-0.15, -0.1) is 11.3 Å². The Hall–Kier alpha value is -3.53. The first kappa shape index (κ1) is 31.4. The van der Waals surface area contributed by atoms with Gasteiger partial charge in [0, 0.05) is 36.9 Å². The highest BCUT2D eigenvalue weighted by atomic mass is 32.1. The highest BCUT2D eigenvalue weighted by Gasteiger charge is 2.24. The van der Waals surface area contributed by atoms with E-state index in [0.29, 0.717) is 30.4 Å². The van der Waals surface area contributed by atoms with Crippen molar-refractivity contribution < 1.29 is 9.59 Å². The van der Waals surface area contributed by atoms with Gasteiger partial charge in [0.05, 0.1) is 17.5 Å². The number of benzene rings is 2. The highest BCUT2D eigenvalue weighted by molar-refractivity contribution is 7.14. The summed E-state index contributed by atoms with van der Waals surface area (Å²) in [7, 11) is 1.97. The summed E-state index contributed by atoms with van der Waals surface area (Å²) in [5, 5.41) is 15.4. The summed E-state index contributed by atoms with van der Waals surface area (Å²) in [6.45, 7) is 8.43. The van der Waals surface area contributed by atoms with Crippen molar-refractivity contribution in [3.8, 4) is 0 Å². The van der Waals surface area contributed by atoms with Gasteiger partial charge in [0.2, 0.25) is 5.91 Å². The van der Waals surface area contributed by atoms with E-state index in [1.54, 1.807) is 6.20 Å². The maximum atomic E-state index is 13.6. The number of nitrogens with zero attached hydrogens (tertiary/aromatic N) is 2. The number of aromatic nitrogens is 2. The SMILES string of the molecule is CCC(CC)NCCC[C@H](NC(=O)c1ccc(CNCc2nccn2C)s1)C(=O)N[C@@H](C)c1cccc2ccccc12. The molecule has 4 N–H and O–H groups in total. The molecule has 42 heavy (non-hydrogen) atoms. The van der Waals surface area contributed by atoms with Gasteiger partial charge in [-0.3, -0.25) is 9.59 Å². The minimum absolute atomic E-state index is 0.167. The van der Waals surface area contributed by atoms with E-state index in [0.717, 1.165) is 52.8 Å². The van der Waals surface area contributed by atoms with Gasteiger partial charge < -0.3 is 25.8 Å². The molecule has 0 unspecified atom stereocenters. The first-order valence-electron chi connectivity index (χ1n) is 15.0. The van der Waals surface area contributed by atoms with Gasteiger partial charge in [0.25, 0.3) is 5.91 Å². The van der Waals surface area contributed by atoms with Crippen molar-refractivity contribution in [1.29, 1.82) is 0 Å². The van der Waals surface area contributed by atoms with Gasteiger partial charge in [-0.05, 0) is 67.6 Å². The van der Waals surface area contributed by atoms with E-state index in [2.05, 4.69) is 64.4 Å². The molecule has 4 rings (SSSR count). The van der Waals surface area contributed by atoms with Crippen molar-refractivity contribution in [1.82, 2.24) is 30.8 Å². The fraction of sp³-hybridized carbons (Fsp3) is 0.424. The molecule has 0 radical (unpaired) electrons. The number of carbonyl (C=O) groups is 2. The molecule has 224 valence electrons. The van der Waals surface area contributed by atoms with Crippen molar-refractivity contribution in [2.45, 2.75) is 77.7 Å². The monoisotopic (exact) mass is 588 g/mol. The Bertz CT molecular complexity index is 1440. The molecule has 2 atom stereocenters. The quantitative estimate of drug-likeness (QED) is 0.130. The Balaban J connectivity index is 1.39. The minimum Gasteiger partial charge on any atom is -0.348 e. The van der Waals surface area contributed by atoms with Crippen LogP contribution in [0.4, 0.5) is 0 Å². The first-order valence-corrected chi connectivity index (χ1v) is 15.8. The molecule has 2 amide bonds. The van der Waals surface area contributed by atoms with E-state index in [1.807, 2.05) is 55.1 Å². The number of amides is 2. The van der Waals surface area contributed by atoms with Crippen LogP contribution in [0, 0.1) is 0 Å². The molecule has 2 heterocycles. The summed E-state index contributed by atoms with van der Waals surface area (Å²) < 4.78 is 1.98. The number of nitrogens with one attached hydrogen (secondary N) is 4. The topological polar surface area (TPSA) is 100 Å². The van der Waals surface area contributed by atoms with Crippen LogP contribution in [0.1, 0.15) is 78.4 Å². The Labute approximate surface area is 253 Å². The van der Waals surface area contributed by atoms with Crippen molar-refractivity contribution in [3.05, 3.63) is 88.1 Å². The van der Waals surface area contributed by atoms with Crippen molar-refractivity contribution in [2.24, 2.45) is 7.05 Å². The molecular formula is C33H44N6O2S. The van der Waals surface area contributed by atoms with E-state index >= 15 is 0 Å². The second-order valence-electron chi connectivity index (χ2n) is 10.8. The van der Waals surface area contributed by atoms with Crippen LogP contribution in [0.5, 0.6) is 0 Å². The summed E-state index contributed by atoms with van der Waals surface area (Å²) in [6, 6.07) is 17.8. The van der Waals surface area contributed by atoms with Crippen LogP contribution in [0.2, 0.25) is 0 Å². The second kappa shape index (κ2) is 15.6. The molecule has 9 heteroatoms. The van der Waals surface area contributed by atoms with E-state index in [-0.39, 0.29) is 17.9 Å². The number of hydrogen-bond donors (Lipinski definition) is 4. The zero-order chi connectivity index (χ0) is 29.9. The van der Waals surface area contributed by atoms with Crippen LogP contribution < -0.4 is 21.3 Å². The van der Waals surface area contributed by atoms with Gasteiger partial charge in [0.1, 0.15) is 11.9 Å². The van der Waals surface area contributed by atoms with Crippen molar-refractivity contribution >= 4 is 33.9 Å². The number of hydrogen-bond acceptors (Lipinski definition) is 6. The average molecular weight is 589 g/mol. The average Bonchev–Trinajstić information content (AvgIpc) is 3.65. The molecule has 0 saturated heterocycles. The minimum atomic E-state index is -0.634. The predicted octanol–water partition coefficient (Wildman–Crippen LogP) is 5.46. The Morgan fingerprint density at radius 2 is 1.76 bits per heavy atom. The van der Waals surface area contributed by atoms with Crippen molar-refractivity contribution in [2.75, 3.05) is 6.54 Å². The standard InChI is InChI=1S/C33H44N6O2S/c1-5-25(6-2)35-18-10-15-29(32(40)37-23(3)27-14-9-12-24-11-7-8-13-28(24)27)38-33(41)30-17-16-26(42-30)21-34-22-31-36-19-20-39(31)4/h7-9,11-14,16-17,19-20,23,25,29,34-35H,5-6,10,15,18,21-22H2,1-4H3,(H,37,40)(H,38,41)/t23-,29-/m0/s1. The number of fused-ring (bicyclic) bond motifs is 1. The van der Waals surface area contributed by atoms with Crippen LogP contribution >= 0.6 is 11.3 Å². The molecule has 4 aromatic rings. The smallest absolute Gasteiger partial charge is 0.262 e. The molecule has 2 aromatic heterocycles. The van der Waals surface area contributed by atoms with E-state index in [4.69, 9.17) is 0 Å². The summed E-state index contributed by atoms with van der Waals surface area (Å²) in [6.07, 6.45) is 7.17. The molecule has 0 saturated carbocycles. The first-order chi connectivity index (χ1) is 20.4. The molecule has 0 spiro atoms. The van der Waals surface area contributed by atoms with E-state index in [9.17, 15) is 9.59 Å². The maximum Gasteiger partial charge on any atom is 0.262 e. The predicted molar refractivity (Wildman–Crippen MR) is 171 cm³/mol. The third kappa shape index (κ3) is 8.50. The molecular weight excluding hydrogens is 544 g/mol. The Morgan fingerprint density at radius 3 is 2.52 bits per heavy atom. The maximum absolute atomic E-state index is 13.6. The molecule has 0 aliphatic rings. The summed E-state index contributed by atoms with van der Waals surface area (Å²) in [5.74, 6) is 0.566. The highest BCUT2D eigenvalue weighted by Crippen LogP contribution is 2.24. The number of thiophene rings is 1. The fourth-order valence-electron chi connectivity index (χ4n) is 5.17. The zero-order valence-electron chi connectivity index (χ0n) is 25.2. The Kier molecular flexibility index (Phi) is 11.7. The molecule has 8 nitrogen and oxygen atoms in total.